The van der Waals surface area contributed by atoms with Crippen molar-refractivity contribution in [1.82, 2.24) is 0 Å². The van der Waals surface area contributed by atoms with Crippen LogP contribution in [0.3, 0.4) is 0 Å². The number of amides is 1. The van der Waals surface area contributed by atoms with Gasteiger partial charge in [0.05, 0.1) is 18.7 Å². The van der Waals surface area contributed by atoms with Gasteiger partial charge in [-0.15, -0.1) is 0 Å². The van der Waals surface area contributed by atoms with E-state index in [4.69, 9.17) is 16.3 Å². The van der Waals surface area contributed by atoms with Gasteiger partial charge in [0, 0.05) is 21.8 Å². The first kappa shape index (κ1) is 21.7. The molecule has 1 fully saturated rings. The number of methoxy groups -OCH3 is 1. The Balaban J connectivity index is 1.99. The van der Waals surface area contributed by atoms with Crippen LogP contribution in [-0.4, -0.2) is 23.9 Å². The van der Waals surface area contributed by atoms with Crippen molar-refractivity contribution in [3.8, 4) is 5.75 Å². The van der Waals surface area contributed by atoms with E-state index in [2.05, 4.69) is 0 Å². The molecule has 3 aromatic carbocycles. The molecule has 0 aliphatic carbocycles. The zero-order valence-corrected chi connectivity index (χ0v) is 18.7. The lowest BCUT2D eigenvalue weighted by Gasteiger charge is -2.27. The average Bonchev–Trinajstić information content (AvgIpc) is 3.06. The Kier molecular flexibility index (Phi) is 5.76. The van der Waals surface area contributed by atoms with Gasteiger partial charge in [0.1, 0.15) is 11.5 Å². The molecule has 1 aliphatic heterocycles. The summed E-state index contributed by atoms with van der Waals surface area (Å²) in [6.45, 7) is 3.79. The van der Waals surface area contributed by atoms with Crippen LogP contribution < -0.4 is 9.64 Å². The van der Waals surface area contributed by atoms with Gasteiger partial charge in [0.2, 0.25) is 0 Å². The summed E-state index contributed by atoms with van der Waals surface area (Å²) >= 11 is 6.33. The summed E-state index contributed by atoms with van der Waals surface area (Å²) in [5, 5.41) is 11.6. The van der Waals surface area contributed by atoms with Gasteiger partial charge in [-0.25, -0.2) is 0 Å². The van der Waals surface area contributed by atoms with Crippen LogP contribution in [0.1, 0.15) is 28.3 Å². The largest absolute Gasteiger partial charge is 0.507 e. The highest BCUT2D eigenvalue weighted by Gasteiger charge is 2.48. The summed E-state index contributed by atoms with van der Waals surface area (Å²) in [4.78, 5) is 27.8. The molecule has 1 unspecified atom stereocenters. The normalized spacial score (nSPS) is 17.6. The number of para-hydroxylation sites is 1. The molecule has 5 nitrogen and oxygen atoms in total. The summed E-state index contributed by atoms with van der Waals surface area (Å²) in [6.07, 6.45) is 0. The third kappa shape index (κ3) is 3.65. The Labute approximate surface area is 191 Å². The van der Waals surface area contributed by atoms with Crippen LogP contribution in [0.15, 0.2) is 72.3 Å². The molecule has 3 aromatic rings. The minimum absolute atomic E-state index is 0.0000468. The van der Waals surface area contributed by atoms with E-state index < -0.39 is 17.7 Å². The van der Waals surface area contributed by atoms with Crippen molar-refractivity contribution in [1.29, 1.82) is 0 Å². The first-order chi connectivity index (χ1) is 15.3. The van der Waals surface area contributed by atoms with Crippen molar-refractivity contribution in [2.24, 2.45) is 0 Å². The van der Waals surface area contributed by atoms with Gasteiger partial charge in [-0.3, -0.25) is 14.5 Å². The Morgan fingerprint density at radius 3 is 2.34 bits per heavy atom. The van der Waals surface area contributed by atoms with Crippen molar-refractivity contribution in [2.75, 3.05) is 12.0 Å². The molecule has 4 rings (SSSR count). The van der Waals surface area contributed by atoms with Gasteiger partial charge < -0.3 is 9.84 Å². The molecule has 6 heteroatoms. The van der Waals surface area contributed by atoms with E-state index in [9.17, 15) is 14.7 Å². The van der Waals surface area contributed by atoms with Crippen molar-refractivity contribution in [3.05, 3.63) is 99.6 Å². The number of carbonyl (C=O) groups excluding carboxylic acids is 2. The summed E-state index contributed by atoms with van der Waals surface area (Å²) in [5.41, 5.74) is 3.36. The Morgan fingerprint density at radius 2 is 1.69 bits per heavy atom. The van der Waals surface area contributed by atoms with Crippen molar-refractivity contribution in [2.45, 2.75) is 19.9 Å². The molecule has 0 radical (unpaired) electrons. The van der Waals surface area contributed by atoms with Gasteiger partial charge in [-0.1, -0.05) is 65.7 Å². The molecule has 0 bridgehead atoms. The first-order valence-corrected chi connectivity index (χ1v) is 10.5. The Morgan fingerprint density at radius 1 is 1.00 bits per heavy atom. The van der Waals surface area contributed by atoms with E-state index >= 15 is 0 Å². The highest BCUT2D eigenvalue weighted by molar-refractivity contribution is 6.52. The second-order valence-corrected chi connectivity index (χ2v) is 8.12. The maximum atomic E-state index is 13.2. The van der Waals surface area contributed by atoms with Gasteiger partial charge in [0.25, 0.3) is 11.7 Å². The molecule has 1 atom stereocenters. The molecular formula is C26H22ClNO4. The van der Waals surface area contributed by atoms with E-state index in [1.165, 1.54) is 12.0 Å². The molecule has 1 aliphatic rings. The van der Waals surface area contributed by atoms with Crippen molar-refractivity contribution < 1.29 is 19.4 Å². The Bertz CT molecular complexity index is 1250. The molecule has 0 saturated carbocycles. The van der Waals surface area contributed by atoms with Gasteiger partial charge in [0.15, 0.2) is 0 Å². The van der Waals surface area contributed by atoms with E-state index in [0.29, 0.717) is 27.6 Å². The SMILES string of the molecule is COc1ccccc1C1/C(=C(\O)c2ccc(C)cc2)C(=O)C(=O)N1c1ccc(C)c(Cl)c1. The average molecular weight is 448 g/mol. The highest BCUT2D eigenvalue weighted by Crippen LogP contribution is 2.45. The number of hydrogen-bond donors (Lipinski definition) is 1. The van der Waals surface area contributed by atoms with Crippen LogP contribution in [-0.2, 0) is 9.59 Å². The minimum atomic E-state index is -0.883. The van der Waals surface area contributed by atoms with Crippen LogP contribution in [0.5, 0.6) is 5.75 Å². The number of nitrogens with zero attached hydrogens (tertiary/aromatic N) is 1. The van der Waals surface area contributed by atoms with Gasteiger partial charge in [-0.05, 0) is 37.6 Å². The fourth-order valence-electron chi connectivity index (χ4n) is 3.88. The van der Waals surface area contributed by atoms with Crippen molar-refractivity contribution in [3.63, 3.8) is 0 Å². The fraction of sp³-hybridized carbons (Fsp3) is 0.154. The van der Waals surface area contributed by atoms with Gasteiger partial charge in [-0.2, -0.15) is 0 Å². The number of rotatable bonds is 4. The molecule has 1 N–H and O–H groups in total. The number of benzene rings is 3. The summed E-state index contributed by atoms with van der Waals surface area (Å²) in [6, 6.07) is 18.5. The van der Waals surface area contributed by atoms with Crippen LogP contribution in [0, 0.1) is 13.8 Å². The van der Waals surface area contributed by atoms with E-state index in [1.54, 1.807) is 54.6 Å². The number of halogens is 1. The maximum Gasteiger partial charge on any atom is 0.300 e. The molecular weight excluding hydrogens is 426 g/mol. The lowest BCUT2D eigenvalue weighted by Crippen LogP contribution is -2.29. The van der Waals surface area contributed by atoms with Crippen LogP contribution in [0.2, 0.25) is 5.02 Å². The van der Waals surface area contributed by atoms with Crippen molar-refractivity contribution >= 4 is 34.7 Å². The van der Waals surface area contributed by atoms with Crippen LogP contribution in [0.25, 0.3) is 5.76 Å². The van der Waals surface area contributed by atoms with E-state index in [0.717, 1.165) is 11.1 Å². The van der Waals surface area contributed by atoms with Crippen LogP contribution >= 0.6 is 11.6 Å². The molecule has 162 valence electrons. The third-order valence-corrected chi connectivity index (χ3v) is 6.04. The quantitative estimate of drug-likeness (QED) is 0.321. The lowest BCUT2D eigenvalue weighted by atomic mass is 9.94. The number of aliphatic hydroxyl groups excluding tert-OH is 1. The van der Waals surface area contributed by atoms with Gasteiger partial charge >= 0.3 is 0 Å². The maximum absolute atomic E-state index is 13.2. The smallest absolute Gasteiger partial charge is 0.300 e. The minimum Gasteiger partial charge on any atom is -0.507 e. The van der Waals surface area contributed by atoms with E-state index in [-0.39, 0.29) is 11.3 Å². The zero-order valence-electron chi connectivity index (χ0n) is 17.9. The second-order valence-electron chi connectivity index (χ2n) is 7.71. The number of hydrogen-bond acceptors (Lipinski definition) is 4. The predicted octanol–water partition coefficient (Wildman–Crippen LogP) is 5.59. The zero-order chi connectivity index (χ0) is 23.0. The number of aryl methyl sites for hydroxylation is 2. The summed E-state index contributed by atoms with van der Waals surface area (Å²) in [5.74, 6) is -1.25. The molecule has 32 heavy (non-hydrogen) atoms. The lowest BCUT2D eigenvalue weighted by molar-refractivity contribution is -0.132. The standard InChI is InChI=1S/C26H22ClNO4/c1-15-8-11-17(12-9-15)24(29)22-23(19-6-4-5-7-21(19)32-3)28(26(31)25(22)30)18-13-10-16(2)20(27)14-18/h4-14,23,29H,1-3H3/b24-22+. The number of aliphatic hydroxyl groups is 1. The molecule has 0 spiro atoms. The summed E-state index contributed by atoms with van der Waals surface area (Å²) < 4.78 is 5.53. The first-order valence-electron chi connectivity index (χ1n) is 10.1. The number of carbonyl (C=O) groups is 2. The number of anilines is 1. The van der Waals surface area contributed by atoms with Crippen LogP contribution in [0.4, 0.5) is 5.69 Å². The van der Waals surface area contributed by atoms with E-state index in [1.807, 2.05) is 26.0 Å². The monoisotopic (exact) mass is 447 g/mol. The molecule has 1 amide bonds. The molecule has 1 saturated heterocycles. The third-order valence-electron chi connectivity index (χ3n) is 5.64. The fourth-order valence-corrected chi connectivity index (χ4v) is 4.06. The Hall–Kier alpha value is -3.57. The second kappa shape index (κ2) is 8.52. The highest BCUT2D eigenvalue weighted by atomic mass is 35.5. The topological polar surface area (TPSA) is 66.8 Å². The molecule has 1 heterocycles. The number of ether oxygens (including phenoxy) is 1. The number of ketones is 1. The predicted molar refractivity (Wildman–Crippen MR) is 125 cm³/mol. The molecule has 0 aromatic heterocycles. The summed E-state index contributed by atoms with van der Waals surface area (Å²) in [7, 11) is 1.52. The number of Topliss-reactive ketones (excluding diaryl/α,β-unsaturated/α-hetero) is 1.